The van der Waals surface area contributed by atoms with Crippen LogP contribution in [-0.4, -0.2) is 22.3 Å². The van der Waals surface area contributed by atoms with Crippen LogP contribution in [0.2, 0.25) is 0 Å². The van der Waals surface area contributed by atoms with E-state index in [2.05, 4.69) is 49.3 Å². The second-order valence-electron chi connectivity index (χ2n) is 4.66. The van der Waals surface area contributed by atoms with Crippen molar-refractivity contribution >= 4 is 15.9 Å². The van der Waals surface area contributed by atoms with Gasteiger partial charge < -0.3 is 4.74 Å². The van der Waals surface area contributed by atoms with Crippen molar-refractivity contribution in [3.63, 3.8) is 0 Å². The Morgan fingerprint density at radius 2 is 1.95 bits per heavy atom. The molecule has 0 aliphatic heterocycles. The molecule has 21 heavy (non-hydrogen) atoms. The number of nitrogens with zero attached hydrogens (tertiary/aromatic N) is 2. The van der Waals surface area contributed by atoms with Gasteiger partial charge in [-0.05, 0) is 51.8 Å². The number of nitrogens with one attached hydrogen (secondary N) is 1. The van der Waals surface area contributed by atoms with Crippen LogP contribution < -0.4 is 4.74 Å². The van der Waals surface area contributed by atoms with Gasteiger partial charge in [-0.15, -0.1) is 0 Å². The maximum absolute atomic E-state index is 5.24. The van der Waals surface area contributed by atoms with Crippen LogP contribution in [0.25, 0.3) is 11.3 Å². The summed E-state index contributed by atoms with van der Waals surface area (Å²) in [5.74, 6) is 0.834. The summed E-state index contributed by atoms with van der Waals surface area (Å²) in [4.78, 5) is 4.02. The van der Waals surface area contributed by atoms with Gasteiger partial charge in [0.1, 0.15) is 5.75 Å². The summed E-state index contributed by atoms with van der Waals surface area (Å²) in [5, 5.41) is 7.43. The van der Waals surface area contributed by atoms with Crippen LogP contribution in [0.1, 0.15) is 11.3 Å². The van der Waals surface area contributed by atoms with Gasteiger partial charge in [0.05, 0.1) is 17.3 Å². The van der Waals surface area contributed by atoms with Gasteiger partial charge in [-0.25, -0.2) is 0 Å². The number of hydrogen-bond donors (Lipinski definition) is 1. The Balaban J connectivity index is 1.80. The lowest BCUT2D eigenvalue weighted by Gasteiger charge is -2.05. The number of benzene rings is 1. The smallest absolute Gasteiger partial charge is 0.133 e. The molecule has 0 amide bonds. The van der Waals surface area contributed by atoms with Gasteiger partial charge in [-0.1, -0.05) is 6.07 Å². The molecule has 1 aromatic carbocycles. The van der Waals surface area contributed by atoms with E-state index in [4.69, 9.17) is 4.74 Å². The minimum absolute atomic E-state index is 0.792. The van der Waals surface area contributed by atoms with Crippen LogP contribution in [0.4, 0.5) is 0 Å². The third-order valence-electron chi connectivity index (χ3n) is 3.22. The molecular weight excluding hydrogens is 330 g/mol. The number of aromatic nitrogens is 3. The zero-order valence-electron chi connectivity index (χ0n) is 11.5. The largest absolute Gasteiger partial charge is 0.496 e. The molecule has 0 saturated heterocycles. The Kier molecular flexibility index (Phi) is 4.01. The summed E-state index contributed by atoms with van der Waals surface area (Å²) in [5.41, 5.74) is 4.25. The number of pyridine rings is 1. The summed E-state index contributed by atoms with van der Waals surface area (Å²) < 4.78 is 6.19. The Hall–Kier alpha value is -2.14. The molecule has 0 aliphatic rings. The molecule has 4 nitrogen and oxygen atoms in total. The Labute approximate surface area is 131 Å². The van der Waals surface area contributed by atoms with Crippen molar-refractivity contribution in [2.75, 3.05) is 7.11 Å². The van der Waals surface area contributed by atoms with Crippen molar-refractivity contribution in [1.29, 1.82) is 0 Å². The van der Waals surface area contributed by atoms with Crippen LogP contribution >= 0.6 is 15.9 Å². The Bertz CT molecular complexity index is 740. The summed E-state index contributed by atoms with van der Waals surface area (Å²) in [6.07, 6.45) is 4.33. The fourth-order valence-corrected chi connectivity index (χ4v) is 2.75. The molecule has 2 aromatic heterocycles. The molecule has 0 fully saturated rings. The molecule has 0 unspecified atom stereocenters. The van der Waals surface area contributed by atoms with Gasteiger partial charge in [-0.3, -0.25) is 10.1 Å². The van der Waals surface area contributed by atoms with E-state index in [9.17, 15) is 0 Å². The van der Waals surface area contributed by atoms with E-state index >= 15 is 0 Å². The number of halogens is 1. The predicted molar refractivity (Wildman–Crippen MR) is 85.3 cm³/mol. The highest BCUT2D eigenvalue weighted by Gasteiger charge is 2.06. The highest BCUT2D eigenvalue weighted by atomic mass is 79.9. The van der Waals surface area contributed by atoms with Crippen LogP contribution in [0.15, 0.2) is 53.3 Å². The predicted octanol–water partition coefficient (Wildman–Crippen LogP) is 3.83. The average molecular weight is 344 g/mol. The number of ether oxygens (including phenoxy) is 1. The quantitative estimate of drug-likeness (QED) is 0.783. The minimum Gasteiger partial charge on any atom is -0.496 e. The van der Waals surface area contributed by atoms with Crippen LogP contribution in [0.3, 0.4) is 0 Å². The number of hydrogen-bond acceptors (Lipinski definition) is 3. The summed E-state index contributed by atoms with van der Waals surface area (Å²) in [6.45, 7) is 0. The van der Waals surface area contributed by atoms with Gasteiger partial charge in [0, 0.05) is 30.1 Å². The molecule has 0 bridgehead atoms. The first-order valence-electron chi connectivity index (χ1n) is 6.53. The molecule has 1 N–H and O–H groups in total. The molecule has 2 heterocycles. The molecule has 106 valence electrons. The van der Waals surface area contributed by atoms with Crippen molar-refractivity contribution in [2.24, 2.45) is 0 Å². The molecule has 5 heteroatoms. The second-order valence-corrected chi connectivity index (χ2v) is 5.51. The lowest BCUT2D eigenvalue weighted by molar-refractivity contribution is 0.412. The monoisotopic (exact) mass is 343 g/mol. The van der Waals surface area contributed by atoms with Crippen molar-refractivity contribution in [3.05, 3.63) is 64.5 Å². The molecule has 0 radical (unpaired) electrons. The summed E-state index contributed by atoms with van der Waals surface area (Å²) in [6, 6.07) is 12.0. The van der Waals surface area contributed by atoms with Gasteiger partial charge in [0.15, 0.2) is 0 Å². The number of rotatable bonds is 4. The first kappa shape index (κ1) is 13.8. The first-order chi connectivity index (χ1) is 10.3. The van der Waals surface area contributed by atoms with E-state index in [1.54, 1.807) is 19.5 Å². The fourth-order valence-electron chi connectivity index (χ4n) is 2.16. The van der Waals surface area contributed by atoms with E-state index in [0.29, 0.717) is 0 Å². The highest BCUT2D eigenvalue weighted by molar-refractivity contribution is 9.10. The van der Waals surface area contributed by atoms with Crippen molar-refractivity contribution in [2.45, 2.75) is 6.42 Å². The molecule has 0 atom stereocenters. The van der Waals surface area contributed by atoms with Crippen molar-refractivity contribution < 1.29 is 4.74 Å². The van der Waals surface area contributed by atoms with Crippen LogP contribution in [0.5, 0.6) is 5.75 Å². The van der Waals surface area contributed by atoms with E-state index in [-0.39, 0.29) is 0 Å². The van der Waals surface area contributed by atoms with Gasteiger partial charge in [-0.2, -0.15) is 5.10 Å². The second kappa shape index (κ2) is 6.10. The van der Waals surface area contributed by atoms with E-state index in [1.807, 2.05) is 18.2 Å². The van der Waals surface area contributed by atoms with Crippen molar-refractivity contribution in [3.8, 4) is 17.0 Å². The highest BCUT2D eigenvalue weighted by Crippen LogP contribution is 2.26. The average Bonchev–Trinajstić information content (AvgIpc) is 2.97. The topological polar surface area (TPSA) is 50.8 Å². The zero-order valence-corrected chi connectivity index (χ0v) is 13.1. The number of methoxy groups -OCH3 is 1. The standard InChI is InChI=1S/C16H14BrN3O/c1-21-16-3-2-11(9-14(16)17)8-13-10-15(20-19-13)12-4-6-18-7-5-12/h2-7,9-10H,8H2,1H3,(H,19,20). The van der Waals surface area contributed by atoms with Gasteiger partial charge in [0.2, 0.25) is 0 Å². The van der Waals surface area contributed by atoms with Crippen LogP contribution in [-0.2, 0) is 6.42 Å². The molecule has 0 spiro atoms. The summed E-state index contributed by atoms with van der Waals surface area (Å²) in [7, 11) is 1.66. The Morgan fingerprint density at radius 3 is 2.67 bits per heavy atom. The lowest BCUT2D eigenvalue weighted by Crippen LogP contribution is -1.90. The maximum Gasteiger partial charge on any atom is 0.133 e. The van der Waals surface area contributed by atoms with Crippen LogP contribution in [0, 0.1) is 0 Å². The number of H-pyrrole nitrogens is 1. The maximum atomic E-state index is 5.24. The molecule has 0 saturated carbocycles. The lowest BCUT2D eigenvalue weighted by atomic mass is 10.1. The zero-order chi connectivity index (χ0) is 14.7. The third-order valence-corrected chi connectivity index (χ3v) is 3.84. The normalized spacial score (nSPS) is 10.6. The molecule has 3 rings (SSSR count). The van der Waals surface area contributed by atoms with E-state index < -0.39 is 0 Å². The third kappa shape index (κ3) is 3.13. The van der Waals surface area contributed by atoms with Crippen molar-refractivity contribution in [1.82, 2.24) is 15.2 Å². The number of aromatic amines is 1. The first-order valence-corrected chi connectivity index (χ1v) is 7.32. The fraction of sp³-hybridized carbons (Fsp3) is 0.125. The molecular formula is C16H14BrN3O. The SMILES string of the molecule is COc1ccc(Cc2cc(-c3ccncc3)n[nH]2)cc1Br. The molecule has 3 aromatic rings. The minimum atomic E-state index is 0.792. The molecule has 0 aliphatic carbocycles. The van der Waals surface area contributed by atoms with E-state index in [0.717, 1.165) is 33.6 Å². The van der Waals surface area contributed by atoms with Gasteiger partial charge >= 0.3 is 0 Å². The van der Waals surface area contributed by atoms with E-state index in [1.165, 1.54) is 5.56 Å². The summed E-state index contributed by atoms with van der Waals surface area (Å²) >= 11 is 3.50. The van der Waals surface area contributed by atoms with Gasteiger partial charge in [0.25, 0.3) is 0 Å². The Morgan fingerprint density at radius 1 is 1.14 bits per heavy atom.